The number of para-hydroxylation sites is 2. The first-order chi connectivity index (χ1) is 12.0. The standard InChI is InChI=1S/C19H19ClN2O2S/c1-12-7-3-6-10-16(12)22-17(23)11-25-19(22)14-8-4-5-9-15(14)21-18(24)13(2)20/h3-10,13,19H,11H2,1-2H3,(H,21,24)/t13-,19-/m0/s1. The summed E-state index contributed by atoms with van der Waals surface area (Å²) < 4.78 is 0. The lowest BCUT2D eigenvalue weighted by Gasteiger charge is -2.27. The fourth-order valence-corrected chi connectivity index (χ4v) is 4.07. The van der Waals surface area contributed by atoms with Gasteiger partial charge in [0.1, 0.15) is 10.8 Å². The zero-order valence-electron chi connectivity index (χ0n) is 14.0. The van der Waals surface area contributed by atoms with Crippen LogP contribution in [0.25, 0.3) is 0 Å². The van der Waals surface area contributed by atoms with Gasteiger partial charge in [-0.3, -0.25) is 14.5 Å². The lowest BCUT2D eigenvalue weighted by atomic mass is 10.1. The highest BCUT2D eigenvalue weighted by molar-refractivity contribution is 8.00. The Balaban J connectivity index is 1.99. The van der Waals surface area contributed by atoms with Gasteiger partial charge in [-0.05, 0) is 31.5 Å². The van der Waals surface area contributed by atoms with Crippen LogP contribution in [0.2, 0.25) is 0 Å². The molecule has 130 valence electrons. The number of anilines is 2. The summed E-state index contributed by atoms with van der Waals surface area (Å²) in [5, 5.41) is 2.06. The monoisotopic (exact) mass is 374 g/mol. The molecule has 1 N–H and O–H groups in total. The van der Waals surface area contributed by atoms with E-state index in [1.54, 1.807) is 18.7 Å². The molecule has 1 aliphatic heterocycles. The van der Waals surface area contributed by atoms with Gasteiger partial charge in [-0.15, -0.1) is 23.4 Å². The summed E-state index contributed by atoms with van der Waals surface area (Å²) in [6.45, 7) is 3.62. The van der Waals surface area contributed by atoms with Gasteiger partial charge >= 0.3 is 0 Å². The Morgan fingerprint density at radius 3 is 2.64 bits per heavy atom. The van der Waals surface area contributed by atoms with Gasteiger partial charge < -0.3 is 5.32 Å². The zero-order valence-corrected chi connectivity index (χ0v) is 15.6. The van der Waals surface area contributed by atoms with E-state index in [0.717, 1.165) is 16.8 Å². The van der Waals surface area contributed by atoms with Gasteiger partial charge in [0.05, 0.1) is 5.75 Å². The van der Waals surface area contributed by atoms with Gasteiger partial charge in [0.2, 0.25) is 11.8 Å². The van der Waals surface area contributed by atoms with E-state index in [-0.39, 0.29) is 17.2 Å². The van der Waals surface area contributed by atoms with Crippen LogP contribution in [0.1, 0.15) is 23.4 Å². The number of hydrogen-bond donors (Lipinski definition) is 1. The van der Waals surface area contributed by atoms with Crippen LogP contribution < -0.4 is 10.2 Å². The minimum atomic E-state index is -0.626. The normalized spacial score (nSPS) is 18.3. The van der Waals surface area contributed by atoms with E-state index >= 15 is 0 Å². The van der Waals surface area contributed by atoms with Crippen molar-refractivity contribution in [2.24, 2.45) is 0 Å². The van der Waals surface area contributed by atoms with Crippen LogP contribution in [0.15, 0.2) is 48.5 Å². The highest BCUT2D eigenvalue weighted by Crippen LogP contribution is 2.44. The van der Waals surface area contributed by atoms with Crippen LogP contribution in [-0.2, 0) is 9.59 Å². The van der Waals surface area contributed by atoms with Crippen molar-refractivity contribution in [3.63, 3.8) is 0 Å². The molecule has 1 fully saturated rings. The molecule has 0 spiro atoms. The molecular formula is C19H19ClN2O2S. The van der Waals surface area contributed by atoms with Crippen molar-refractivity contribution in [3.8, 4) is 0 Å². The van der Waals surface area contributed by atoms with E-state index < -0.39 is 5.38 Å². The molecule has 0 bridgehead atoms. The molecule has 2 atom stereocenters. The molecule has 0 aromatic heterocycles. The third kappa shape index (κ3) is 3.67. The molecule has 2 aromatic rings. The summed E-state index contributed by atoms with van der Waals surface area (Å²) >= 11 is 7.43. The number of hydrogen-bond acceptors (Lipinski definition) is 3. The van der Waals surface area contributed by atoms with E-state index in [0.29, 0.717) is 11.4 Å². The predicted molar refractivity (Wildman–Crippen MR) is 104 cm³/mol. The molecule has 2 aromatic carbocycles. The molecule has 0 aliphatic carbocycles. The average molecular weight is 375 g/mol. The molecule has 25 heavy (non-hydrogen) atoms. The van der Waals surface area contributed by atoms with Gasteiger partial charge in [0, 0.05) is 16.9 Å². The Morgan fingerprint density at radius 2 is 1.92 bits per heavy atom. The summed E-state index contributed by atoms with van der Waals surface area (Å²) in [6, 6.07) is 15.4. The maximum absolute atomic E-state index is 12.5. The van der Waals surface area contributed by atoms with Gasteiger partial charge in [-0.25, -0.2) is 0 Å². The minimum absolute atomic E-state index is 0.0659. The molecule has 1 saturated heterocycles. The lowest BCUT2D eigenvalue weighted by Crippen LogP contribution is -2.29. The summed E-state index contributed by atoms with van der Waals surface area (Å²) in [5.41, 5.74) is 3.52. The quantitative estimate of drug-likeness (QED) is 0.810. The second-order valence-corrected chi connectivity index (χ2v) is 7.63. The van der Waals surface area contributed by atoms with E-state index in [9.17, 15) is 9.59 Å². The number of benzene rings is 2. The van der Waals surface area contributed by atoms with E-state index in [2.05, 4.69) is 5.32 Å². The topological polar surface area (TPSA) is 49.4 Å². The first kappa shape index (κ1) is 17.8. The molecule has 0 radical (unpaired) electrons. The van der Waals surface area contributed by atoms with E-state index in [4.69, 9.17) is 11.6 Å². The van der Waals surface area contributed by atoms with Crippen LogP contribution in [-0.4, -0.2) is 22.9 Å². The average Bonchev–Trinajstić information content (AvgIpc) is 2.97. The van der Waals surface area contributed by atoms with Crippen LogP contribution in [0.4, 0.5) is 11.4 Å². The van der Waals surface area contributed by atoms with Crippen LogP contribution in [0.5, 0.6) is 0 Å². The van der Waals surface area contributed by atoms with E-state index in [1.165, 1.54) is 0 Å². The highest BCUT2D eigenvalue weighted by Gasteiger charge is 2.36. The number of alkyl halides is 1. The molecule has 2 amide bonds. The van der Waals surface area contributed by atoms with E-state index in [1.807, 2.05) is 60.4 Å². The number of aryl methyl sites for hydroxylation is 1. The molecule has 0 unspecified atom stereocenters. The fraction of sp³-hybridized carbons (Fsp3) is 0.263. The van der Waals surface area contributed by atoms with Crippen LogP contribution in [0.3, 0.4) is 0 Å². The molecular weight excluding hydrogens is 356 g/mol. The van der Waals surface area contributed by atoms with Gasteiger partial charge in [0.15, 0.2) is 0 Å². The van der Waals surface area contributed by atoms with Crippen LogP contribution >= 0.6 is 23.4 Å². The maximum atomic E-state index is 12.5. The van der Waals surface area contributed by atoms with Crippen molar-refractivity contribution < 1.29 is 9.59 Å². The van der Waals surface area contributed by atoms with Crippen molar-refractivity contribution in [2.45, 2.75) is 24.6 Å². The van der Waals surface area contributed by atoms with Gasteiger partial charge in [-0.2, -0.15) is 0 Å². The highest BCUT2D eigenvalue weighted by atomic mass is 35.5. The number of halogens is 1. The summed E-state index contributed by atoms with van der Waals surface area (Å²) in [4.78, 5) is 26.4. The van der Waals surface area contributed by atoms with Crippen molar-refractivity contribution in [1.82, 2.24) is 0 Å². The van der Waals surface area contributed by atoms with Crippen molar-refractivity contribution in [3.05, 3.63) is 59.7 Å². The minimum Gasteiger partial charge on any atom is -0.324 e. The van der Waals surface area contributed by atoms with Crippen LogP contribution in [0, 0.1) is 6.92 Å². The van der Waals surface area contributed by atoms with Gasteiger partial charge in [-0.1, -0.05) is 36.4 Å². The Hall–Kier alpha value is -1.98. The molecule has 4 nitrogen and oxygen atoms in total. The summed E-state index contributed by atoms with van der Waals surface area (Å²) in [5.74, 6) is 0.217. The number of amides is 2. The Labute approximate surface area is 156 Å². The SMILES string of the molecule is Cc1ccccc1N1C(=O)CS[C@H]1c1ccccc1NC(=O)[C@H](C)Cl. The Kier molecular flexibility index (Phi) is 5.35. The lowest BCUT2D eigenvalue weighted by molar-refractivity contribution is -0.116. The third-order valence-electron chi connectivity index (χ3n) is 4.09. The summed E-state index contributed by atoms with van der Waals surface area (Å²) in [6.07, 6.45) is 0. The number of carbonyl (C=O) groups is 2. The first-order valence-corrected chi connectivity index (χ1v) is 9.50. The smallest absolute Gasteiger partial charge is 0.242 e. The molecule has 3 rings (SSSR count). The number of carbonyl (C=O) groups excluding carboxylic acids is 2. The largest absolute Gasteiger partial charge is 0.324 e. The Bertz CT molecular complexity index is 810. The zero-order chi connectivity index (χ0) is 18.0. The number of nitrogens with one attached hydrogen (secondary N) is 1. The second kappa shape index (κ2) is 7.50. The molecule has 6 heteroatoms. The summed E-state index contributed by atoms with van der Waals surface area (Å²) in [7, 11) is 0. The number of rotatable bonds is 4. The molecule has 0 saturated carbocycles. The first-order valence-electron chi connectivity index (χ1n) is 8.02. The third-order valence-corrected chi connectivity index (χ3v) is 5.48. The molecule has 1 heterocycles. The fourth-order valence-electron chi connectivity index (χ4n) is 2.81. The number of nitrogens with zero attached hydrogens (tertiary/aromatic N) is 1. The van der Waals surface area contributed by atoms with Gasteiger partial charge in [0.25, 0.3) is 0 Å². The number of thioether (sulfide) groups is 1. The second-order valence-electron chi connectivity index (χ2n) is 5.91. The Morgan fingerprint density at radius 1 is 1.24 bits per heavy atom. The van der Waals surface area contributed by atoms with Crippen molar-refractivity contribution in [2.75, 3.05) is 16.0 Å². The molecule has 1 aliphatic rings. The van der Waals surface area contributed by atoms with Crippen molar-refractivity contribution in [1.29, 1.82) is 0 Å². The van der Waals surface area contributed by atoms with Crippen molar-refractivity contribution >= 4 is 46.6 Å². The predicted octanol–water partition coefficient (Wildman–Crippen LogP) is 4.34. The maximum Gasteiger partial charge on any atom is 0.242 e.